The smallest absolute Gasteiger partial charge is 0.241 e. The monoisotopic (exact) mass is 300 g/mol. The largest absolute Gasteiger partial charge is 0.506 e. The molecule has 0 aromatic heterocycles. The summed E-state index contributed by atoms with van der Waals surface area (Å²) in [4.78, 5) is 14.3. The van der Waals surface area contributed by atoms with E-state index in [2.05, 4.69) is 10.2 Å². The van der Waals surface area contributed by atoms with E-state index in [0.29, 0.717) is 5.69 Å². The predicted octanol–water partition coefficient (Wildman–Crippen LogP) is 2.42. The maximum atomic E-state index is 12.1. The lowest BCUT2D eigenvalue weighted by Gasteiger charge is -2.31. The number of thioether (sulfide) groups is 1. The van der Waals surface area contributed by atoms with Gasteiger partial charge < -0.3 is 10.4 Å². The number of anilines is 1. The molecule has 2 rings (SSSR count). The molecule has 6 heteroatoms. The highest BCUT2D eigenvalue weighted by Gasteiger charge is 2.23. The number of carbonyl (C=O) groups is 1. The number of amides is 1. The van der Waals surface area contributed by atoms with Gasteiger partial charge in [-0.1, -0.05) is 11.6 Å². The number of aromatic hydroxyl groups is 1. The summed E-state index contributed by atoms with van der Waals surface area (Å²) >= 11 is 7.73. The fraction of sp³-hybridized carbons (Fsp3) is 0.462. The van der Waals surface area contributed by atoms with Crippen LogP contribution in [-0.2, 0) is 4.79 Å². The summed E-state index contributed by atoms with van der Waals surface area (Å²) < 4.78 is 0. The van der Waals surface area contributed by atoms with Crippen LogP contribution in [0.4, 0.5) is 5.69 Å². The molecule has 0 aliphatic carbocycles. The second-order valence-corrected chi connectivity index (χ2v) is 6.11. The van der Waals surface area contributed by atoms with Gasteiger partial charge >= 0.3 is 0 Å². The molecule has 1 unspecified atom stereocenters. The fourth-order valence-corrected chi connectivity index (χ4v) is 3.07. The maximum Gasteiger partial charge on any atom is 0.241 e. The van der Waals surface area contributed by atoms with Crippen molar-refractivity contribution in [2.45, 2.75) is 13.0 Å². The molecule has 1 amide bonds. The van der Waals surface area contributed by atoms with Crippen molar-refractivity contribution in [3.05, 3.63) is 23.2 Å². The summed E-state index contributed by atoms with van der Waals surface area (Å²) in [5.41, 5.74) is 0.603. The summed E-state index contributed by atoms with van der Waals surface area (Å²) in [5, 5.41) is 12.4. The molecule has 1 atom stereocenters. The summed E-state index contributed by atoms with van der Waals surface area (Å²) in [7, 11) is 0. The highest BCUT2D eigenvalue weighted by Crippen LogP contribution is 2.26. The van der Waals surface area contributed by atoms with Crippen LogP contribution >= 0.6 is 23.4 Å². The molecule has 0 bridgehead atoms. The maximum absolute atomic E-state index is 12.1. The summed E-state index contributed by atoms with van der Waals surface area (Å²) in [6, 6.07) is 4.50. The molecule has 1 fully saturated rings. The molecule has 2 N–H and O–H groups in total. The van der Waals surface area contributed by atoms with Crippen molar-refractivity contribution in [2.24, 2.45) is 0 Å². The zero-order valence-corrected chi connectivity index (χ0v) is 12.3. The van der Waals surface area contributed by atoms with Gasteiger partial charge in [0.05, 0.1) is 11.1 Å². The van der Waals surface area contributed by atoms with Crippen molar-refractivity contribution >= 4 is 35.0 Å². The Hall–Kier alpha value is -0.910. The first-order valence-corrected chi connectivity index (χ1v) is 7.72. The van der Waals surface area contributed by atoms with E-state index in [-0.39, 0.29) is 22.7 Å². The quantitative estimate of drug-likeness (QED) is 0.842. The molecule has 1 aromatic carbocycles. The topological polar surface area (TPSA) is 52.6 Å². The Morgan fingerprint density at radius 1 is 1.47 bits per heavy atom. The van der Waals surface area contributed by atoms with E-state index in [1.165, 1.54) is 6.07 Å². The van der Waals surface area contributed by atoms with Gasteiger partial charge in [-0.3, -0.25) is 9.69 Å². The minimum atomic E-state index is -0.159. The minimum absolute atomic E-state index is 0.0146. The Morgan fingerprint density at radius 3 is 2.79 bits per heavy atom. The molecule has 1 aliphatic rings. The van der Waals surface area contributed by atoms with Crippen molar-refractivity contribution in [1.82, 2.24) is 4.90 Å². The Morgan fingerprint density at radius 2 is 2.16 bits per heavy atom. The van der Waals surface area contributed by atoms with Gasteiger partial charge in [0.25, 0.3) is 0 Å². The van der Waals surface area contributed by atoms with E-state index in [1.807, 2.05) is 18.7 Å². The number of nitrogens with zero attached hydrogens (tertiary/aromatic N) is 1. The second kappa shape index (κ2) is 6.50. The third-order valence-electron chi connectivity index (χ3n) is 3.19. The van der Waals surface area contributed by atoms with Crippen LogP contribution in [0, 0.1) is 0 Å². The molecule has 0 saturated carbocycles. The zero-order valence-electron chi connectivity index (χ0n) is 10.7. The van der Waals surface area contributed by atoms with Crippen molar-refractivity contribution < 1.29 is 9.90 Å². The first-order chi connectivity index (χ1) is 9.08. The van der Waals surface area contributed by atoms with Gasteiger partial charge in [-0.05, 0) is 25.1 Å². The first-order valence-electron chi connectivity index (χ1n) is 6.19. The average molecular weight is 301 g/mol. The van der Waals surface area contributed by atoms with Crippen LogP contribution in [0.1, 0.15) is 6.92 Å². The van der Waals surface area contributed by atoms with Crippen LogP contribution in [0.25, 0.3) is 0 Å². The minimum Gasteiger partial charge on any atom is -0.506 e. The highest BCUT2D eigenvalue weighted by atomic mass is 35.5. The third-order valence-corrected chi connectivity index (χ3v) is 4.43. The Labute approximate surface area is 122 Å². The molecule has 1 saturated heterocycles. The van der Waals surface area contributed by atoms with E-state index < -0.39 is 0 Å². The number of halogens is 1. The van der Waals surface area contributed by atoms with E-state index in [1.54, 1.807) is 12.1 Å². The number of carbonyl (C=O) groups excluding carboxylic acids is 1. The SMILES string of the molecule is CC(C(=O)Nc1ccc(O)c(Cl)c1)N1CCSCC1. The van der Waals surface area contributed by atoms with Crippen molar-refractivity contribution in [2.75, 3.05) is 29.9 Å². The number of hydrogen-bond acceptors (Lipinski definition) is 4. The fourth-order valence-electron chi connectivity index (χ4n) is 1.96. The molecule has 4 nitrogen and oxygen atoms in total. The van der Waals surface area contributed by atoms with Crippen LogP contribution in [0.15, 0.2) is 18.2 Å². The van der Waals surface area contributed by atoms with Crippen LogP contribution in [0.3, 0.4) is 0 Å². The lowest BCUT2D eigenvalue weighted by Crippen LogP contribution is -2.46. The highest BCUT2D eigenvalue weighted by molar-refractivity contribution is 7.99. The van der Waals surface area contributed by atoms with Gasteiger partial charge in [-0.2, -0.15) is 11.8 Å². The number of hydrogen-bond donors (Lipinski definition) is 2. The van der Waals surface area contributed by atoms with E-state index in [9.17, 15) is 9.90 Å². The Kier molecular flexibility index (Phi) is 4.96. The van der Waals surface area contributed by atoms with Gasteiger partial charge in [-0.25, -0.2) is 0 Å². The number of phenolic OH excluding ortho intramolecular Hbond substituents is 1. The van der Waals surface area contributed by atoms with E-state index in [0.717, 1.165) is 24.6 Å². The van der Waals surface area contributed by atoms with Gasteiger partial charge in [0.1, 0.15) is 5.75 Å². The van der Waals surface area contributed by atoms with E-state index in [4.69, 9.17) is 11.6 Å². The molecule has 1 aliphatic heterocycles. The number of benzene rings is 1. The Bertz CT molecular complexity index is 464. The molecular formula is C13H17ClN2O2S. The summed E-state index contributed by atoms with van der Waals surface area (Å²) in [6.45, 7) is 3.79. The lowest BCUT2D eigenvalue weighted by molar-refractivity contribution is -0.120. The van der Waals surface area contributed by atoms with Crippen LogP contribution in [0.2, 0.25) is 5.02 Å². The molecular weight excluding hydrogens is 284 g/mol. The van der Waals surface area contributed by atoms with Gasteiger partial charge in [0.15, 0.2) is 0 Å². The summed E-state index contributed by atoms with van der Waals surface area (Å²) in [6.07, 6.45) is 0. The number of rotatable bonds is 3. The molecule has 1 heterocycles. The van der Waals surface area contributed by atoms with Crippen LogP contribution in [0.5, 0.6) is 5.75 Å². The standard InChI is InChI=1S/C13H17ClN2O2S/c1-9(16-4-6-19-7-5-16)13(18)15-10-2-3-12(17)11(14)8-10/h2-3,8-9,17H,4-7H2,1H3,(H,15,18). The molecule has 0 radical (unpaired) electrons. The lowest BCUT2D eigenvalue weighted by atomic mass is 10.2. The second-order valence-electron chi connectivity index (χ2n) is 4.48. The normalized spacial score (nSPS) is 18.0. The molecule has 1 aromatic rings. The molecule has 104 valence electrons. The van der Waals surface area contributed by atoms with Crippen molar-refractivity contribution in [3.63, 3.8) is 0 Å². The van der Waals surface area contributed by atoms with Crippen LogP contribution < -0.4 is 5.32 Å². The predicted molar refractivity (Wildman–Crippen MR) is 80.1 cm³/mol. The van der Waals surface area contributed by atoms with Gasteiger partial charge in [0.2, 0.25) is 5.91 Å². The summed E-state index contributed by atoms with van der Waals surface area (Å²) in [5.74, 6) is 2.11. The molecule has 19 heavy (non-hydrogen) atoms. The first kappa shape index (κ1) is 14.5. The van der Waals surface area contributed by atoms with Gasteiger partial charge in [0, 0.05) is 30.3 Å². The van der Waals surface area contributed by atoms with Crippen molar-refractivity contribution in [1.29, 1.82) is 0 Å². The van der Waals surface area contributed by atoms with Crippen molar-refractivity contribution in [3.8, 4) is 5.75 Å². The molecule has 0 spiro atoms. The Balaban J connectivity index is 1.97. The van der Waals surface area contributed by atoms with Gasteiger partial charge in [-0.15, -0.1) is 0 Å². The zero-order chi connectivity index (χ0) is 13.8. The number of phenols is 1. The third kappa shape index (κ3) is 3.78. The van der Waals surface area contributed by atoms with E-state index >= 15 is 0 Å². The number of nitrogens with one attached hydrogen (secondary N) is 1. The average Bonchev–Trinajstić information content (AvgIpc) is 2.43. The van der Waals surface area contributed by atoms with Crippen LogP contribution in [-0.4, -0.2) is 46.6 Å².